The number of fused-ring (bicyclic) bond motifs is 1. The highest BCUT2D eigenvalue weighted by Crippen LogP contribution is 2.38. The zero-order valence-electron chi connectivity index (χ0n) is 16.0. The summed E-state index contributed by atoms with van der Waals surface area (Å²) >= 11 is 1.66. The summed E-state index contributed by atoms with van der Waals surface area (Å²) in [6, 6.07) is 13.7. The van der Waals surface area contributed by atoms with Gasteiger partial charge >= 0.3 is 6.18 Å². The van der Waals surface area contributed by atoms with Gasteiger partial charge in [-0.05, 0) is 54.3 Å². The van der Waals surface area contributed by atoms with Gasteiger partial charge in [-0.15, -0.1) is 11.8 Å². The second kappa shape index (κ2) is 8.18. The molecule has 3 nitrogen and oxygen atoms in total. The Morgan fingerprint density at radius 3 is 2.53 bits per heavy atom. The number of nitrogens with zero attached hydrogens (tertiary/aromatic N) is 2. The summed E-state index contributed by atoms with van der Waals surface area (Å²) in [6.07, 6.45) is -0.888. The third-order valence-corrected chi connectivity index (χ3v) is 5.63. The van der Waals surface area contributed by atoms with Crippen molar-refractivity contribution in [1.82, 2.24) is 4.98 Å². The molecule has 0 fully saturated rings. The van der Waals surface area contributed by atoms with Crippen molar-refractivity contribution in [1.29, 1.82) is 0 Å². The van der Waals surface area contributed by atoms with Gasteiger partial charge in [-0.25, -0.2) is 4.39 Å². The summed E-state index contributed by atoms with van der Waals surface area (Å²) in [7, 11) is 0. The molecular formula is C22H18F4N2OS. The maximum Gasteiger partial charge on any atom is 0.422 e. The first-order chi connectivity index (χ1) is 14.3. The van der Waals surface area contributed by atoms with Crippen molar-refractivity contribution in [2.24, 2.45) is 0 Å². The molecule has 0 N–H and O–H groups in total. The summed E-state index contributed by atoms with van der Waals surface area (Å²) in [5, 5.41) is 0. The molecule has 0 atom stereocenters. The van der Waals surface area contributed by atoms with Crippen molar-refractivity contribution < 1.29 is 22.3 Å². The lowest BCUT2D eigenvalue weighted by molar-refractivity contribution is -0.153. The van der Waals surface area contributed by atoms with Gasteiger partial charge in [-0.1, -0.05) is 0 Å². The summed E-state index contributed by atoms with van der Waals surface area (Å²) in [5.74, 6) is -0.838. The third kappa shape index (κ3) is 4.38. The number of hydrogen-bond donors (Lipinski definition) is 0. The minimum atomic E-state index is -4.52. The number of thioether (sulfide) groups is 1. The van der Waals surface area contributed by atoms with Crippen LogP contribution in [-0.4, -0.2) is 24.0 Å². The van der Waals surface area contributed by atoms with E-state index in [4.69, 9.17) is 4.74 Å². The molecule has 4 rings (SSSR count). The summed E-state index contributed by atoms with van der Waals surface area (Å²) in [5.41, 5.74) is 3.82. The number of anilines is 1. The van der Waals surface area contributed by atoms with E-state index in [2.05, 4.69) is 9.88 Å². The van der Waals surface area contributed by atoms with Gasteiger partial charge in [0.25, 0.3) is 0 Å². The molecule has 2 heterocycles. The molecule has 3 aromatic rings. The zero-order chi connectivity index (χ0) is 21.3. The molecular weight excluding hydrogens is 416 g/mol. The quantitative estimate of drug-likeness (QED) is 0.360. The first-order valence-corrected chi connectivity index (χ1v) is 10.4. The van der Waals surface area contributed by atoms with Crippen LogP contribution < -0.4 is 9.64 Å². The molecule has 0 aliphatic carbocycles. The predicted octanol–water partition coefficient (Wildman–Crippen LogP) is 6.07. The van der Waals surface area contributed by atoms with Crippen LogP contribution in [0.25, 0.3) is 11.3 Å². The van der Waals surface area contributed by atoms with Crippen LogP contribution in [-0.2, 0) is 13.1 Å². The van der Waals surface area contributed by atoms with Crippen LogP contribution in [0, 0.1) is 5.82 Å². The molecule has 2 aromatic carbocycles. The number of alkyl halides is 3. The number of benzene rings is 2. The fourth-order valence-corrected chi connectivity index (χ4v) is 3.90. The smallest absolute Gasteiger partial charge is 0.422 e. The normalized spacial score (nSPS) is 13.4. The van der Waals surface area contributed by atoms with E-state index < -0.39 is 18.6 Å². The van der Waals surface area contributed by atoms with E-state index in [1.165, 1.54) is 12.1 Å². The van der Waals surface area contributed by atoms with Crippen molar-refractivity contribution in [2.75, 3.05) is 17.8 Å². The summed E-state index contributed by atoms with van der Waals surface area (Å²) in [4.78, 5) is 7.73. The molecule has 0 saturated carbocycles. The fraction of sp³-hybridized carbons (Fsp3) is 0.227. The molecule has 8 heteroatoms. The molecule has 0 spiro atoms. The highest BCUT2D eigenvalue weighted by Gasteiger charge is 2.30. The number of rotatable bonds is 5. The standard InChI is InChI=1S/C22H18F4N2OS/c1-30-17-5-3-16(4-6-17)28-11-14-8-9-27-21(19(14)12-28)18-7-2-15(23)10-20(18)29-13-22(24,25)26/h2-10H,11-13H2,1H3. The van der Waals surface area contributed by atoms with Crippen LogP contribution in [0.15, 0.2) is 59.6 Å². The van der Waals surface area contributed by atoms with E-state index in [-0.39, 0.29) is 5.75 Å². The maximum absolute atomic E-state index is 13.7. The van der Waals surface area contributed by atoms with Gasteiger partial charge in [0, 0.05) is 47.1 Å². The molecule has 1 aliphatic heterocycles. The van der Waals surface area contributed by atoms with E-state index in [0.29, 0.717) is 24.3 Å². The maximum atomic E-state index is 13.7. The van der Waals surface area contributed by atoms with Gasteiger partial charge in [-0.3, -0.25) is 4.98 Å². The minimum Gasteiger partial charge on any atom is -0.483 e. The van der Waals surface area contributed by atoms with Crippen molar-refractivity contribution in [3.8, 4) is 17.0 Å². The van der Waals surface area contributed by atoms with Crippen LogP contribution in [0.1, 0.15) is 11.1 Å². The molecule has 156 valence electrons. The van der Waals surface area contributed by atoms with Crippen LogP contribution in [0.2, 0.25) is 0 Å². The average Bonchev–Trinajstić information content (AvgIpc) is 3.16. The predicted molar refractivity (Wildman–Crippen MR) is 109 cm³/mol. The lowest BCUT2D eigenvalue weighted by Gasteiger charge is -2.18. The Morgan fingerprint density at radius 1 is 1.07 bits per heavy atom. The van der Waals surface area contributed by atoms with Crippen molar-refractivity contribution in [2.45, 2.75) is 24.2 Å². The minimum absolute atomic E-state index is 0.170. The van der Waals surface area contributed by atoms with E-state index in [0.717, 1.165) is 27.8 Å². The number of aromatic nitrogens is 1. The van der Waals surface area contributed by atoms with E-state index in [1.807, 2.05) is 36.6 Å². The lowest BCUT2D eigenvalue weighted by Crippen LogP contribution is -2.19. The van der Waals surface area contributed by atoms with Gasteiger partial charge in [0.2, 0.25) is 0 Å². The van der Waals surface area contributed by atoms with Gasteiger partial charge < -0.3 is 9.64 Å². The Bertz CT molecular complexity index is 1050. The zero-order valence-corrected chi connectivity index (χ0v) is 16.9. The summed E-state index contributed by atoms with van der Waals surface area (Å²) < 4.78 is 56.6. The molecule has 30 heavy (non-hydrogen) atoms. The number of pyridine rings is 1. The molecule has 0 bridgehead atoms. The van der Waals surface area contributed by atoms with E-state index >= 15 is 0 Å². The molecule has 1 aromatic heterocycles. The monoisotopic (exact) mass is 434 g/mol. The fourth-order valence-electron chi connectivity index (χ4n) is 3.49. The van der Waals surface area contributed by atoms with Gasteiger partial charge in [-0.2, -0.15) is 13.2 Å². The average molecular weight is 434 g/mol. The largest absolute Gasteiger partial charge is 0.483 e. The van der Waals surface area contributed by atoms with Gasteiger partial charge in [0.1, 0.15) is 11.6 Å². The first-order valence-electron chi connectivity index (χ1n) is 9.19. The van der Waals surface area contributed by atoms with Crippen LogP contribution in [0.3, 0.4) is 0 Å². The Labute approximate surface area is 175 Å². The Balaban J connectivity index is 1.67. The van der Waals surface area contributed by atoms with E-state index in [1.54, 1.807) is 18.0 Å². The highest BCUT2D eigenvalue weighted by molar-refractivity contribution is 7.98. The molecule has 0 saturated heterocycles. The van der Waals surface area contributed by atoms with Gasteiger partial charge in [0.05, 0.1) is 5.69 Å². The number of ether oxygens (including phenoxy) is 1. The SMILES string of the molecule is CSc1ccc(N2Cc3ccnc(-c4ccc(F)cc4OCC(F)(F)F)c3C2)cc1. The second-order valence-corrected chi connectivity index (χ2v) is 7.78. The Morgan fingerprint density at radius 2 is 1.83 bits per heavy atom. The second-order valence-electron chi connectivity index (χ2n) is 6.90. The highest BCUT2D eigenvalue weighted by atomic mass is 32.2. The van der Waals surface area contributed by atoms with Crippen LogP contribution in [0.5, 0.6) is 5.75 Å². The lowest BCUT2D eigenvalue weighted by atomic mass is 10.0. The number of halogens is 4. The molecule has 0 amide bonds. The Kier molecular flexibility index (Phi) is 5.60. The van der Waals surface area contributed by atoms with E-state index in [9.17, 15) is 17.6 Å². The van der Waals surface area contributed by atoms with Crippen LogP contribution >= 0.6 is 11.8 Å². The molecule has 0 radical (unpaired) electrons. The first kappa shape index (κ1) is 20.5. The van der Waals surface area contributed by atoms with Crippen molar-refractivity contribution in [3.05, 3.63) is 71.7 Å². The van der Waals surface area contributed by atoms with Crippen molar-refractivity contribution >= 4 is 17.4 Å². The topological polar surface area (TPSA) is 25.4 Å². The summed E-state index contributed by atoms with van der Waals surface area (Å²) in [6.45, 7) is -0.289. The van der Waals surface area contributed by atoms with Crippen LogP contribution in [0.4, 0.5) is 23.2 Å². The third-order valence-electron chi connectivity index (χ3n) is 4.89. The Hall–Kier alpha value is -2.74. The van der Waals surface area contributed by atoms with Crippen molar-refractivity contribution in [3.63, 3.8) is 0 Å². The number of hydrogen-bond acceptors (Lipinski definition) is 4. The molecule has 1 aliphatic rings. The van der Waals surface area contributed by atoms with Gasteiger partial charge in [0.15, 0.2) is 6.61 Å². The molecule has 0 unspecified atom stereocenters.